The van der Waals surface area contributed by atoms with Crippen LogP contribution in [0.2, 0.25) is 0 Å². The molecule has 3 saturated heterocycles. The molecule has 5 nitrogen and oxygen atoms in total. The number of amides is 1. The molecule has 3 aliphatic heterocycles. The van der Waals surface area contributed by atoms with Crippen molar-refractivity contribution in [1.29, 1.82) is 0 Å². The van der Waals surface area contributed by atoms with Crippen molar-refractivity contribution in [3.8, 4) is 0 Å². The van der Waals surface area contributed by atoms with Gasteiger partial charge >= 0.3 is 0 Å². The highest BCUT2D eigenvalue weighted by Crippen LogP contribution is 2.28. The number of nitrogens with zero attached hydrogens (tertiary/aromatic N) is 1. The van der Waals surface area contributed by atoms with E-state index in [1.54, 1.807) is 0 Å². The average Bonchev–Trinajstić information content (AvgIpc) is 3.08. The Bertz CT molecular complexity index is 471. The summed E-state index contributed by atoms with van der Waals surface area (Å²) >= 11 is 0. The average molecular weight is 300 g/mol. The predicted molar refractivity (Wildman–Crippen MR) is 77.1 cm³/mol. The minimum absolute atomic E-state index is 0.0466. The Balaban J connectivity index is 1.58. The Hall–Kier alpha value is -0.620. The van der Waals surface area contributed by atoms with E-state index in [4.69, 9.17) is 0 Å². The number of carbonyl (C=O) groups is 1. The van der Waals surface area contributed by atoms with Gasteiger partial charge < -0.3 is 10.2 Å². The lowest BCUT2D eigenvalue weighted by Gasteiger charge is -2.30. The van der Waals surface area contributed by atoms with Crippen LogP contribution in [0, 0.1) is 5.92 Å². The van der Waals surface area contributed by atoms with Crippen molar-refractivity contribution >= 4 is 15.7 Å². The van der Waals surface area contributed by atoms with Gasteiger partial charge in [0.05, 0.1) is 11.5 Å². The fourth-order valence-corrected chi connectivity index (χ4v) is 5.82. The maximum absolute atomic E-state index is 12.5. The smallest absolute Gasteiger partial charge is 0.223 e. The molecule has 1 N–H and O–H groups in total. The first-order valence-electron chi connectivity index (χ1n) is 7.78. The fourth-order valence-electron chi connectivity index (χ4n) is 3.96. The Morgan fingerprint density at radius 3 is 2.70 bits per heavy atom. The van der Waals surface area contributed by atoms with Crippen molar-refractivity contribution < 1.29 is 13.2 Å². The second-order valence-electron chi connectivity index (χ2n) is 6.47. The van der Waals surface area contributed by atoms with Gasteiger partial charge in [-0.05, 0) is 44.6 Å². The topological polar surface area (TPSA) is 66.5 Å². The Morgan fingerprint density at radius 2 is 2.05 bits per heavy atom. The summed E-state index contributed by atoms with van der Waals surface area (Å²) in [7, 11) is -2.88. The van der Waals surface area contributed by atoms with Crippen LogP contribution in [0.4, 0.5) is 0 Å². The summed E-state index contributed by atoms with van der Waals surface area (Å²) < 4.78 is 23.0. The molecule has 0 aromatic carbocycles. The van der Waals surface area contributed by atoms with Crippen LogP contribution < -0.4 is 5.32 Å². The molecule has 3 rings (SSSR count). The Kier molecular flexibility index (Phi) is 4.04. The molecule has 6 heteroatoms. The van der Waals surface area contributed by atoms with Crippen molar-refractivity contribution in [3.63, 3.8) is 0 Å². The largest absolute Gasteiger partial charge is 0.338 e. The van der Waals surface area contributed by atoms with Crippen LogP contribution in [-0.2, 0) is 14.6 Å². The summed E-state index contributed by atoms with van der Waals surface area (Å²) in [5, 5.41) is 3.50. The molecule has 3 aliphatic rings. The minimum Gasteiger partial charge on any atom is -0.338 e. The maximum Gasteiger partial charge on any atom is 0.223 e. The van der Waals surface area contributed by atoms with E-state index in [9.17, 15) is 13.2 Å². The van der Waals surface area contributed by atoms with Gasteiger partial charge in [0, 0.05) is 25.0 Å². The van der Waals surface area contributed by atoms with E-state index in [-0.39, 0.29) is 23.3 Å². The highest BCUT2D eigenvalue weighted by atomic mass is 32.2. The Labute approximate surface area is 121 Å². The van der Waals surface area contributed by atoms with Crippen LogP contribution in [0.3, 0.4) is 0 Å². The normalized spacial score (nSPS) is 36.6. The number of hydrogen-bond donors (Lipinski definition) is 1. The van der Waals surface area contributed by atoms with Crippen LogP contribution >= 0.6 is 0 Å². The molecule has 0 saturated carbocycles. The lowest BCUT2D eigenvalue weighted by Crippen LogP contribution is -2.47. The first kappa shape index (κ1) is 14.3. The van der Waals surface area contributed by atoms with Gasteiger partial charge in [0.15, 0.2) is 9.84 Å². The lowest BCUT2D eigenvalue weighted by atomic mass is 10.0. The van der Waals surface area contributed by atoms with E-state index in [2.05, 4.69) is 5.32 Å². The molecule has 3 heterocycles. The summed E-state index contributed by atoms with van der Waals surface area (Å²) in [6.07, 6.45) is 5.61. The third kappa shape index (κ3) is 3.01. The molecule has 1 amide bonds. The van der Waals surface area contributed by atoms with Gasteiger partial charge in [0.2, 0.25) is 5.91 Å². The van der Waals surface area contributed by atoms with Gasteiger partial charge in [0.25, 0.3) is 0 Å². The van der Waals surface area contributed by atoms with Crippen molar-refractivity contribution in [2.45, 2.75) is 50.6 Å². The van der Waals surface area contributed by atoms with Crippen LogP contribution in [-0.4, -0.2) is 55.9 Å². The molecule has 114 valence electrons. The zero-order valence-electron chi connectivity index (χ0n) is 11.9. The molecule has 0 spiro atoms. The van der Waals surface area contributed by atoms with E-state index in [1.807, 2.05) is 4.90 Å². The zero-order valence-corrected chi connectivity index (χ0v) is 12.7. The SMILES string of the molecule is O=C(CC1CCS(=O)(=O)C1)N1CCCC1C1CCCN1. The molecule has 0 radical (unpaired) electrons. The van der Waals surface area contributed by atoms with Gasteiger partial charge in [0.1, 0.15) is 0 Å². The molecule has 3 unspecified atom stereocenters. The molecule has 0 aromatic rings. The van der Waals surface area contributed by atoms with Gasteiger partial charge in [-0.25, -0.2) is 8.42 Å². The van der Waals surface area contributed by atoms with E-state index < -0.39 is 9.84 Å². The molecule has 3 atom stereocenters. The molecule has 20 heavy (non-hydrogen) atoms. The number of carbonyl (C=O) groups excluding carboxylic acids is 1. The number of likely N-dealkylation sites (tertiary alicyclic amines) is 1. The van der Waals surface area contributed by atoms with Crippen molar-refractivity contribution in [3.05, 3.63) is 0 Å². The summed E-state index contributed by atoms with van der Waals surface area (Å²) in [6, 6.07) is 0.789. The number of rotatable bonds is 3. The maximum atomic E-state index is 12.5. The van der Waals surface area contributed by atoms with Gasteiger partial charge in [-0.3, -0.25) is 4.79 Å². The van der Waals surface area contributed by atoms with Crippen LogP contribution in [0.25, 0.3) is 0 Å². The summed E-state index contributed by atoms with van der Waals surface area (Å²) in [5.41, 5.74) is 0. The van der Waals surface area contributed by atoms with Crippen LogP contribution in [0.1, 0.15) is 38.5 Å². The van der Waals surface area contributed by atoms with E-state index >= 15 is 0 Å². The predicted octanol–water partition coefficient (Wildman–Crippen LogP) is 0.554. The molecule has 0 aromatic heterocycles. The van der Waals surface area contributed by atoms with Crippen molar-refractivity contribution in [2.24, 2.45) is 5.92 Å². The first-order valence-corrected chi connectivity index (χ1v) is 9.60. The second-order valence-corrected chi connectivity index (χ2v) is 8.70. The standard InChI is InChI=1S/C14H24N2O3S/c17-14(9-11-5-8-20(18,19)10-11)16-7-2-4-13(16)12-3-1-6-15-12/h11-13,15H,1-10H2. The third-order valence-corrected chi connectivity index (χ3v) is 6.81. The van der Waals surface area contributed by atoms with Crippen molar-refractivity contribution in [2.75, 3.05) is 24.6 Å². The van der Waals surface area contributed by atoms with Gasteiger partial charge in [-0.15, -0.1) is 0 Å². The molecular weight excluding hydrogens is 276 g/mol. The number of nitrogens with one attached hydrogen (secondary N) is 1. The van der Waals surface area contributed by atoms with Gasteiger partial charge in [-0.2, -0.15) is 0 Å². The highest BCUT2D eigenvalue weighted by molar-refractivity contribution is 7.91. The molecule has 3 fully saturated rings. The highest BCUT2D eigenvalue weighted by Gasteiger charge is 2.37. The molecule has 0 aliphatic carbocycles. The first-order chi connectivity index (χ1) is 9.55. The fraction of sp³-hybridized carbons (Fsp3) is 0.929. The molecular formula is C14H24N2O3S. The van der Waals surface area contributed by atoms with E-state index in [1.165, 1.54) is 6.42 Å². The lowest BCUT2D eigenvalue weighted by molar-refractivity contribution is -0.133. The quantitative estimate of drug-likeness (QED) is 0.827. The van der Waals surface area contributed by atoms with E-state index in [0.717, 1.165) is 32.4 Å². The van der Waals surface area contributed by atoms with Crippen LogP contribution in [0.5, 0.6) is 0 Å². The Morgan fingerprint density at radius 1 is 1.20 bits per heavy atom. The van der Waals surface area contributed by atoms with E-state index in [0.29, 0.717) is 24.9 Å². The summed E-state index contributed by atoms with van der Waals surface area (Å²) in [4.78, 5) is 14.5. The van der Waals surface area contributed by atoms with Crippen LogP contribution in [0.15, 0.2) is 0 Å². The second kappa shape index (κ2) is 5.64. The molecule has 0 bridgehead atoms. The summed E-state index contributed by atoms with van der Waals surface area (Å²) in [5.74, 6) is 0.686. The minimum atomic E-state index is -2.88. The summed E-state index contributed by atoms with van der Waals surface area (Å²) in [6.45, 7) is 1.91. The number of hydrogen-bond acceptors (Lipinski definition) is 4. The van der Waals surface area contributed by atoms with Crippen molar-refractivity contribution in [1.82, 2.24) is 10.2 Å². The number of sulfone groups is 1. The third-order valence-electron chi connectivity index (χ3n) is 4.97. The monoisotopic (exact) mass is 300 g/mol. The van der Waals surface area contributed by atoms with Gasteiger partial charge in [-0.1, -0.05) is 0 Å². The zero-order chi connectivity index (χ0) is 14.2.